The van der Waals surface area contributed by atoms with E-state index >= 15 is 0 Å². The molecule has 0 bridgehead atoms. The molecule has 3 nitrogen and oxygen atoms in total. The molecule has 0 aliphatic carbocycles. The van der Waals surface area contributed by atoms with Gasteiger partial charge in [0.15, 0.2) is 0 Å². The van der Waals surface area contributed by atoms with Crippen LogP contribution in [-0.4, -0.2) is 28.9 Å². The lowest BCUT2D eigenvalue weighted by Crippen LogP contribution is -2.33. The summed E-state index contributed by atoms with van der Waals surface area (Å²) in [6, 6.07) is 1.84. The Kier molecular flexibility index (Phi) is 4.54. The Hall–Kier alpha value is -0.900. The molecule has 0 atom stereocenters. The van der Waals surface area contributed by atoms with Gasteiger partial charge in [0.25, 0.3) is 5.91 Å². The maximum atomic E-state index is 12.3. The number of hydrogen-bond donors (Lipinski definition) is 0. The van der Waals surface area contributed by atoms with Gasteiger partial charge in [0.2, 0.25) is 0 Å². The van der Waals surface area contributed by atoms with Gasteiger partial charge in [0.05, 0.1) is 5.56 Å². The molecule has 0 saturated carbocycles. The average Bonchev–Trinajstić information content (AvgIpc) is 2.28. The number of nitrogens with zero attached hydrogens (tertiary/aromatic N) is 2. The number of amides is 1. The molecular formula is C13H17BrN2O. The van der Waals surface area contributed by atoms with Gasteiger partial charge >= 0.3 is 0 Å². The molecule has 1 aromatic rings. The van der Waals surface area contributed by atoms with Gasteiger partial charge < -0.3 is 4.90 Å². The van der Waals surface area contributed by atoms with Gasteiger partial charge in [-0.15, -0.1) is 0 Å². The SMILES string of the molecule is O=C(c1cncc(Br)c1)N1CCCCCCC1. The van der Waals surface area contributed by atoms with Gasteiger partial charge in [0.1, 0.15) is 0 Å². The molecule has 4 heteroatoms. The van der Waals surface area contributed by atoms with Gasteiger partial charge in [-0.2, -0.15) is 0 Å². The van der Waals surface area contributed by atoms with Gasteiger partial charge in [-0.3, -0.25) is 9.78 Å². The maximum Gasteiger partial charge on any atom is 0.255 e. The standard InChI is InChI=1S/C13H17BrN2O/c14-12-8-11(9-15-10-12)13(17)16-6-4-2-1-3-5-7-16/h8-10H,1-7H2. The van der Waals surface area contributed by atoms with E-state index in [9.17, 15) is 4.79 Å². The summed E-state index contributed by atoms with van der Waals surface area (Å²) in [5.41, 5.74) is 0.681. The number of likely N-dealkylation sites (tertiary alicyclic amines) is 1. The average molecular weight is 297 g/mol. The number of carbonyl (C=O) groups is 1. The van der Waals surface area contributed by atoms with Crippen molar-refractivity contribution in [3.05, 3.63) is 28.5 Å². The van der Waals surface area contributed by atoms with Gasteiger partial charge in [-0.05, 0) is 34.8 Å². The minimum absolute atomic E-state index is 0.112. The fourth-order valence-corrected chi connectivity index (χ4v) is 2.53. The van der Waals surface area contributed by atoms with E-state index in [4.69, 9.17) is 0 Å². The molecule has 1 aliphatic rings. The van der Waals surface area contributed by atoms with Crippen molar-refractivity contribution in [1.29, 1.82) is 0 Å². The van der Waals surface area contributed by atoms with Crippen molar-refractivity contribution in [2.24, 2.45) is 0 Å². The molecule has 1 aromatic heterocycles. The molecule has 2 heterocycles. The second-order valence-electron chi connectivity index (χ2n) is 4.45. The fraction of sp³-hybridized carbons (Fsp3) is 0.538. The zero-order valence-corrected chi connectivity index (χ0v) is 11.4. The van der Waals surface area contributed by atoms with E-state index in [1.165, 1.54) is 19.3 Å². The van der Waals surface area contributed by atoms with Crippen molar-refractivity contribution < 1.29 is 4.79 Å². The Labute approximate surface area is 110 Å². The largest absolute Gasteiger partial charge is 0.339 e. The Morgan fingerprint density at radius 2 is 1.76 bits per heavy atom. The van der Waals surface area contributed by atoms with Crippen LogP contribution in [0.2, 0.25) is 0 Å². The zero-order chi connectivity index (χ0) is 12.1. The summed E-state index contributed by atoms with van der Waals surface area (Å²) >= 11 is 3.35. The van der Waals surface area contributed by atoms with E-state index in [1.807, 2.05) is 11.0 Å². The number of rotatable bonds is 1. The first-order valence-corrected chi connectivity index (χ1v) is 6.96. The molecule has 1 fully saturated rings. The summed E-state index contributed by atoms with van der Waals surface area (Å²) in [4.78, 5) is 18.3. The fourth-order valence-electron chi connectivity index (χ4n) is 2.16. The smallest absolute Gasteiger partial charge is 0.255 e. The molecular weight excluding hydrogens is 280 g/mol. The Morgan fingerprint density at radius 3 is 2.41 bits per heavy atom. The molecule has 2 rings (SSSR count). The first-order valence-electron chi connectivity index (χ1n) is 6.17. The first-order chi connectivity index (χ1) is 8.27. The van der Waals surface area contributed by atoms with Crippen LogP contribution in [0.5, 0.6) is 0 Å². The Balaban J connectivity index is 2.07. The third-order valence-electron chi connectivity index (χ3n) is 3.10. The van der Waals surface area contributed by atoms with Crippen molar-refractivity contribution in [1.82, 2.24) is 9.88 Å². The highest BCUT2D eigenvalue weighted by molar-refractivity contribution is 9.10. The minimum atomic E-state index is 0.112. The van der Waals surface area contributed by atoms with Crippen LogP contribution >= 0.6 is 15.9 Å². The Bertz CT molecular complexity index is 387. The summed E-state index contributed by atoms with van der Waals surface area (Å²) in [7, 11) is 0. The van der Waals surface area contributed by atoms with Crippen LogP contribution in [0.25, 0.3) is 0 Å². The predicted octanol–water partition coefficient (Wildman–Crippen LogP) is 3.25. The van der Waals surface area contributed by atoms with Crippen molar-refractivity contribution in [3.8, 4) is 0 Å². The first kappa shape index (κ1) is 12.6. The van der Waals surface area contributed by atoms with E-state index in [1.54, 1.807) is 12.4 Å². The van der Waals surface area contributed by atoms with Crippen LogP contribution in [0.15, 0.2) is 22.9 Å². The quantitative estimate of drug-likeness (QED) is 0.797. The molecule has 17 heavy (non-hydrogen) atoms. The number of carbonyl (C=O) groups excluding carboxylic acids is 1. The van der Waals surface area contributed by atoms with E-state index in [0.717, 1.165) is 30.4 Å². The molecule has 1 amide bonds. The molecule has 0 aromatic carbocycles. The van der Waals surface area contributed by atoms with Crippen molar-refractivity contribution in [2.45, 2.75) is 32.1 Å². The molecule has 92 valence electrons. The van der Waals surface area contributed by atoms with E-state index in [0.29, 0.717) is 5.56 Å². The third kappa shape index (κ3) is 3.53. The number of pyridine rings is 1. The van der Waals surface area contributed by atoms with Crippen LogP contribution in [-0.2, 0) is 0 Å². The highest BCUT2D eigenvalue weighted by Crippen LogP contribution is 2.15. The van der Waals surface area contributed by atoms with Crippen molar-refractivity contribution >= 4 is 21.8 Å². The molecule has 0 radical (unpaired) electrons. The molecule has 1 saturated heterocycles. The van der Waals surface area contributed by atoms with Crippen LogP contribution in [0.4, 0.5) is 0 Å². The van der Waals surface area contributed by atoms with Crippen LogP contribution < -0.4 is 0 Å². The lowest BCUT2D eigenvalue weighted by atomic mass is 10.1. The Morgan fingerprint density at radius 1 is 1.12 bits per heavy atom. The number of halogens is 1. The highest BCUT2D eigenvalue weighted by atomic mass is 79.9. The second-order valence-corrected chi connectivity index (χ2v) is 5.37. The summed E-state index contributed by atoms with van der Waals surface area (Å²) in [6.07, 6.45) is 9.36. The van der Waals surface area contributed by atoms with E-state index < -0.39 is 0 Å². The molecule has 0 unspecified atom stereocenters. The summed E-state index contributed by atoms with van der Waals surface area (Å²) in [5, 5.41) is 0. The van der Waals surface area contributed by atoms with E-state index in [-0.39, 0.29) is 5.91 Å². The van der Waals surface area contributed by atoms with Crippen molar-refractivity contribution in [3.63, 3.8) is 0 Å². The summed E-state index contributed by atoms with van der Waals surface area (Å²) in [6.45, 7) is 1.76. The van der Waals surface area contributed by atoms with Crippen molar-refractivity contribution in [2.75, 3.05) is 13.1 Å². The highest BCUT2D eigenvalue weighted by Gasteiger charge is 2.16. The molecule has 0 N–H and O–H groups in total. The number of aromatic nitrogens is 1. The maximum absolute atomic E-state index is 12.3. The third-order valence-corrected chi connectivity index (χ3v) is 3.53. The van der Waals surface area contributed by atoms with Gasteiger partial charge in [-0.1, -0.05) is 19.3 Å². The monoisotopic (exact) mass is 296 g/mol. The minimum Gasteiger partial charge on any atom is -0.339 e. The topological polar surface area (TPSA) is 33.2 Å². The molecule has 0 spiro atoms. The molecule has 1 aliphatic heterocycles. The van der Waals surface area contributed by atoms with Crippen LogP contribution in [0, 0.1) is 0 Å². The van der Waals surface area contributed by atoms with E-state index in [2.05, 4.69) is 20.9 Å². The normalized spacial score (nSPS) is 17.4. The lowest BCUT2D eigenvalue weighted by Gasteiger charge is -2.24. The second kappa shape index (κ2) is 6.15. The van der Waals surface area contributed by atoms with Gasteiger partial charge in [-0.25, -0.2) is 0 Å². The predicted molar refractivity (Wildman–Crippen MR) is 70.9 cm³/mol. The number of hydrogen-bond acceptors (Lipinski definition) is 2. The van der Waals surface area contributed by atoms with Crippen LogP contribution in [0.3, 0.4) is 0 Å². The lowest BCUT2D eigenvalue weighted by molar-refractivity contribution is 0.0742. The summed E-state index contributed by atoms with van der Waals surface area (Å²) < 4.78 is 0.857. The summed E-state index contributed by atoms with van der Waals surface area (Å²) in [5.74, 6) is 0.112. The zero-order valence-electron chi connectivity index (χ0n) is 9.86. The van der Waals surface area contributed by atoms with Gasteiger partial charge in [0, 0.05) is 30.0 Å². The van der Waals surface area contributed by atoms with Crippen LogP contribution in [0.1, 0.15) is 42.5 Å².